The fourth-order valence-electron chi connectivity index (χ4n) is 1.35. The summed E-state index contributed by atoms with van der Waals surface area (Å²) >= 11 is 0. The zero-order valence-electron chi connectivity index (χ0n) is 9.68. The summed E-state index contributed by atoms with van der Waals surface area (Å²) in [6, 6.07) is 6.63. The van der Waals surface area contributed by atoms with E-state index in [2.05, 4.69) is 5.32 Å². The van der Waals surface area contributed by atoms with Crippen molar-refractivity contribution in [3.63, 3.8) is 0 Å². The Kier molecular flexibility index (Phi) is 4.62. The Bertz CT molecular complexity index is 388. The number of aliphatic hydroxyl groups is 2. The summed E-state index contributed by atoms with van der Waals surface area (Å²) in [7, 11) is 0. The molecular weight excluding hydrogens is 222 g/mol. The van der Waals surface area contributed by atoms with Gasteiger partial charge in [-0.05, 0) is 18.6 Å². The lowest BCUT2D eigenvalue weighted by Gasteiger charge is -2.26. The molecule has 0 aliphatic carbocycles. The predicted octanol–water partition coefficient (Wildman–Crippen LogP) is 0.218. The fourth-order valence-corrected chi connectivity index (χ4v) is 1.35. The van der Waals surface area contributed by atoms with Gasteiger partial charge in [0, 0.05) is 6.54 Å². The standard InChI is InChI=1S/C12H17NO4/c1-12(7-14,8-15)13-6-9-4-2-3-5-10(9)11(16)17/h2-5,13-15H,6-8H2,1H3,(H,16,17). The number of hydrogen-bond acceptors (Lipinski definition) is 4. The molecule has 1 aromatic rings. The summed E-state index contributed by atoms with van der Waals surface area (Å²) in [6.45, 7) is 1.49. The molecule has 17 heavy (non-hydrogen) atoms. The van der Waals surface area contributed by atoms with Crippen LogP contribution in [0.15, 0.2) is 24.3 Å². The lowest BCUT2D eigenvalue weighted by Crippen LogP contribution is -2.48. The third kappa shape index (κ3) is 3.52. The number of carboxylic acid groups (broad SMARTS) is 1. The van der Waals surface area contributed by atoms with Crippen LogP contribution in [0.3, 0.4) is 0 Å². The summed E-state index contributed by atoms with van der Waals surface area (Å²) in [5.41, 5.74) is 0.0253. The van der Waals surface area contributed by atoms with Gasteiger partial charge in [0.1, 0.15) is 0 Å². The van der Waals surface area contributed by atoms with Crippen molar-refractivity contribution in [1.29, 1.82) is 0 Å². The highest BCUT2D eigenvalue weighted by atomic mass is 16.4. The van der Waals surface area contributed by atoms with Gasteiger partial charge in [-0.25, -0.2) is 4.79 Å². The Balaban J connectivity index is 2.79. The highest BCUT2D eigenvalue weighted by Crippen LogP contribution is 2.10. The van der Waals surface area contributed by atoms with Gasteiger partial charge in [-0.2, -0.15) is 0 Å². The molecule has 5 heteroatoms. The molecule has 0 radical (unpaired) electrons. The number of rotatable bonds is 6. The number of hydrogen-bond donors (Lipinski definition) is 4. The number of aliphatic hydroxyl groups excluding tert-OH is 2. The SMILES string of the molecule is CC(CO)(CO)NCc1ccccc1C(=O)O. The van der Waals surface area contributed by atoms with E-state index in [1.165, 1.54) is 6.07 Å². The second-order valence-electron chi connectivity index (χ2n) is 4.19. The zero-order chi connectivity index (χ0) is 12.9. The summed E-state index contributed by atoms with van der Waals surface area (Å²) in [5.74, 6) is -0.989. The minimum atomic E-state index is -0.989. The summed E-state index contributed by atoms with van der Waals surface area (Å²) < 4.78 is 0. The van der Waals surface area contributed by atoms with Crippen molar-refractivity contribution in [3.8, 4) is 0 Å². The van der Waals surface area contributed by atoms with Crippen LogP contribution in [0.1, 0.15) is 22.8 Å². The van der Waals surface area contributed by atoms with Gasteiger partial charge in [0.15, 0.2) is 0 Å². The Hall–Kier alpha value is -1.43. The number of carbonyl (C=O) groups is 1. The van der Waals surface area contributed by atoms with E-state index in [1.54, 1.807) is 25.1 Å². The van der Waals surface area contributed by atoms with E-state index in [0.29, 0.717) is 5.56 Å². The van der Waals surface area contributed by atoms with Crippen molar-refractivity contribution in [3.05, 3.63) is 35.4 Å². The average molecular weight is 239 g/mol. The lowest BCUT2D eigenvalue weighted by molar-refractivity contribution is 0.0694. The molecule has 0 aliphatic rings. The molecule has 0 saturated heterocycles. The van der Waals surface area contributed by atoms with Gasteiger partial charge >= 0.3 is 5.97 Å². The molecule has 1 rings (SSSR count). The van der Waals surface area contributed by atoms with Crippen LogP contribution in [0.4, 0.5) is 0 Å². The van der Waals surface area contributed by atoms with Crippen molar-refractivity contribution < 1.29 is 20.1 Å². The first kappa shape index (κ1) is 13.6. The molecule has 5 nitrogen and oxygen atoms in total. The molecule has 0 amide bonds. The van der Waals surface area contributed by atoms with E-state index in [-0.39, 0.29) is 25.3 Å². The topological polar surface area (TPSA) is 89.8 Å². The van der Waals surface area contributed by atoms with Gasteiger partial charge < -0.3 is 20.6 Å². The van der Waals surface area contributed by atoms with Crippen molar-refractivity contribution in [2.75, 3.05) is 13.2 Å². The van der Waals surface area contributed by atoms with E-state index in [0.717, 1.165) is 0 Å². The summed E-state index contributed by atoms with van der Waals surface area (Å²) in [5, 5.41) is 30.1. The molecule has 0 unspecified atom stereocenters. The summed E-state index contributed by atoms with van der Waals surface area (Å²) in [6.07, 6.45) is 0. The molecule has 94 valence electrons. The smallest absolute Gasteiger partial charge is 0.336 e. The maximum absolute atomic E-state index is 11.0. The van der Waals surface area contributed by atoms with Gasteiger partial charge in [0.05, 0.1) is 24.3 Å². The van der Waals surface area contributed by atoms with Crippen molar-refractivity contribution in [1.82, 2.24) is 5.32 Å². The molecule has 0 heterocycles. The van der Waals surface area contributed by atoms with Crippen LogP contribution in [0.2, 0.25) is 0 Å². The third-order valence-corrected chi connectivity index (χ3v) is 2.65. The van der Waals surface area contributed by atoms with Crippen LogP contribution in [-0.2, 0) is 6.54 Å². The van der Waals surface area contributed by atoms with E-state index in [4.69, 9.17) is 15.3 Å². The van der Waals surface area contributed by atoms with Crippen LogP contribution in [0, 0.1) is 0 Å². The number of carboxylic acids is 1. The molecule has 0 atom stereocenters. The Morgan fingerprint density at radius 1 is 1.29 bits per heavy atom. The van der Waals surface area contributed by atoms with Gasteiger partial charge in [-0.3, -0.25) is 0 Å². The molecule has 0 spiro atoms. The molecular formula is C12H17NO4. The molecule has 0 saturated carbocycles. The van der Waals surface area contributed by atoms with Crippen LogP contribution in [0.5, 0.6) is 0 Å². The number of benzene rings is 1. The fraction of sp³-hybridized carbons (Fsp3) is 0.417. The van der Waals surface area contributed by atoms with Gasteiger partial charge in [-0.15, -0.1) is 0 Å². The van der Waals surface area contributed by atoms with Crippen molar-refractivity contribution in [2.45, 2.75) is 19.0 Å². The van der Waals surface area contributed by atoms with E-state index in [9.17, 15) is 4.79 Å². The molecule has 0 aliphatic heterocycles. The van der Waals surface area contributed by atoms with Crippen LogP contribution in [-0.4, -0.2) is 40.0 Å². The zero-order valence-corrected chi connectivity index (χ0v) is 9.68. The van der Waals surface area contributed by atoms with Crippen LogP contribution in [0.25, 0.3) is 0 Å². The Morgan fingerprint density at radius 2 is 1.88 bits per heavy atom. The van der Waals surface area contributed by atoms with E-state index >= 15 is 0 Å². The van der Waals surface area contributed by atoms with Gasteiger partial charge in [0.2, 0.25) is 0 Å². The largest absolute Gasteiger partial charge is 0.478 e. The molecule has 1 aromatic carbocycles. The minimum absolute atomic E-state index is 0.221. The molecule has 4 N–H and O–H groups in total. The van der Waals surface area contributed by atoms with Crippen LogP contribution < -0.4 is 5.32 Å². The lowest BCUT2D eigenvalue weighted by atomic mass is 10.0. The maximum Gasteiger partial charge on any atom is 0.336 e. The first-order valence-electron chi connectivity index (χ1n) is 5.30. The first-order chi connectivity index (χ1) is 8.02. The van der Waals surface area contributed by atoms with Crippen molar-refractivity contribution in [2.24, 2.45) is 0 Å². The number of aromatic carboxylic acids is 1. The second kappa shape index (κ2) is 5.77. The van der Waals surface area contributed by atoms with E-state index in [1.807, 2.05) is 0 Å². The first-order valence-corrected chi connectivity index (χ1v) is 5.30. The molecule has 0 aromatic heterocycles. The quantitative estimate of drug-likeness (QED) is 0.570. The Morgan fingerprint density at radius 3 is 2.41 bits per heavy atom. The molecule has 0 fully saturated rings. The van der Waals surface area contributed by atoms with E-state index < -0.39 is 11.5 Å². The monoisotopic (exact) mass is 239 g/mol. The average Bonchev–Trinajstić information content (AvgIpc) is 2.36. The maximum atomic E-state index is 11.0. The highest BCUT2D eigenvalue weighted by molar-refractivity contribution is 5.89. The predicted molar refractivity (Wildman–Crippen MR) is 62.8 cm³/mol. The Labute approximate surface area is 99.7 Å². The van der Waals surface area contributed by atoms with Gasteiger partial charge in [-0.1, -0.05) is 18.2 Å². The number of nitrogens with one attached hydrogen (secondary N) is 1. The third-order valence-electron chi connectivity index (χ3n) is 2.65. The van der Waals surface area contributed by atoms with Crippen LogP contribution >= 0.6 is 0 Å². The van der Waals surface area contributed by atoms with Crippen molar-refractivity contribution >= 4 is 5.97 Å². The highest BCUT2D eigenvalue weighted by Gasteiger charge is 2.22. The van der Waals surface area contributed by atoms with Gasteiger partial charge in [0.25, 0.3) is 0 Å². The normalized spacial score (nSPS) is 11.5. The second-order valence-corrected chi connectivity index (χ2v) is 4.19. The minimum Gasteiger partial charge on any atom is -0.478 e. The molecule has 0 bridgehead atoms. The summed E-state index contributed by atoms with van der Waals surface area (Å²) in [4.78, 5) is 11.0.